The van der Waals surface area contributed by atoms with Crippen molar-refractivity contribution in [2.75, 3.05) is 0 Å². The smallest absolute Gasteiger partial charge is 0.326 e. The van der Waals surface area contributed by atoms with Crippen molar-refractivity contribution in [3.05, 3.63) is 0 Å². The van der Waals surface area contributed by atoms with E-state index in [2.05, 4.69) is 16.0 Å². The molecule has 0 heterocycles. The predicted octanol–water partition coefficient (Wildman–Crippen LogP) is -0.954. The second-order valence-corrected chi connectivity index (χ2v) is 9.20. The number of hydrogen-bond donors (Lipinski definition) is 7. The van der Waals surface area contributed by atoms with E-state index in [0.717, 1.165) is 0 Å². The molecule has 0 bridgehead atoms. The Morgan fingerprint density at radius 3 is 1.55 bits per heavy atom. The van der Waals surface area contributed by atoms with Crippen LogP contribution in [0.4, 0.5) is 0 Å². The third-order valence-electron chi connectivity index (χ3n) is 4.90. The molecule has 12 nitrogen and oxygen atoms in total. The molecule has 0 rings (SSSR count). The van der Waals surface area contributed by atoms with Crippen molar-refractivity contribution in [2.24, 2.45) is 23.5 Å². The third kappa shape index (κ3) is 10.6. The first kappa shape index (κ1) is 30.3. The standard InChI is InChI=1S/C21H38N4O8/c1-9(2)7-12(22)17(28)20(31)25-16(11(5)6)19(30)24-15(10(3)4)18(29)23-13(21(32)33)8-14(26)27/h9-13,15-17,28H,7-8,22H2,1-6H3,(H,23,29)(H,24,30)(H,25,31)(H,26,27)(H,32,33)/t12-,13+,15-,16+,17+/m1/s1. The molecular formula is C21H38N4O8. The number of hydrogen-bond acceptors (Lipinski definition) is 7. The van der Waals surface area contributed by atoms with Crippen LogP contribution in [0.15, 0.2) is 0 Å². The minimum atomic E-state index is -1.67. The SMILES string of the molecule is CC(C)C[C@@H](N)[C@H](O)C(=O)N[C@H](C(=O)N[C@@H](C(=O)N[C@@H](CC(=O)O)C(=O)O)C(C)C)C(C)C. The lowest BCUT2D eigenvalue weighted by atomic mass is 9.97. The average Bonchev–Trinajstić information content (AvgIpc) is 2.66. The quantitative estimate of drug-likeness (QED) is 0.165. The normalized spacial score (nSPS) is 16.0. The van der Waals surface area contributed by atoms with Gasteiger partial charge in [0.05, 0.1) is 6.42 Å². The summed E-state index contributed by atoms with van der Waals surface area (Å²) in [5, 5.41) is 35.2. The fourth-order valence-corrected chi connectivity index (χ4v) is 3.06. The molecule has 0 aromatic carbocycles. The summed E-state index contributed by atoms with van der Waals surface area (Å²) >= 11 is 0. The number of rotatable bonds is 14. The number of carboxylic acid groups (broad SMARTS) is 2. The molecule has 190 valence electrons. The number of amides is 3. The molecule has 0 fully saturated rings. The van der Waals surface area contributed by atoms with E-state index in [-0.39, 0.29) is 5.92 Å². The third-order valence-corrected chi connectivity index (χ3v) is 4.90. The van der Waals surface area contributed by atoms with Crippen molar-refractivity contribution < 1.29 is 39.3 Å². The van der Waals surface area contributed by atoms with Crippen LogP contribution in [0.5, 0.6) is 0 Å². The van der Waals surface area contributed by atoms with Crippen molar-refractivity contribution in [3.8, 4) is 0 Å². The van der Waals surface area contributed by atoms with Gasteiger partial charge in [0, 0.05) is 6.04 Å². The number of carboxylic acids is 2. The fourth-order valence-electron chi connectivity index (χ4n) is 3.06. The van der Waals surface area contributed by atoms with Crippen LogP contribution in [0, 0.1) is 17.8 Å². The summed E-state index contributed by atoms with van der Waals surface area (Å²) in [5.41, 5.74) is 5.86. The summed E-state index contributed by atoms with van der Waals surface area (Å²) < 4.78 is 0. The van der Waals surface area contributed by atoms with Crippen molar-refractivity contribution in [3.63, 3.8) is 0 Å². The van der Waals surface area contributed by atoms with Gasteiger partial charge in [-0.1, -0.05) is 41.5 Å². The lowest BCUT2D eigenvalue weighted by molar-refractivity contribution is -0.147. The highest BCUT2D eigenvalue weighted by atomic mass is 16.4. The molecule has 0 aromatic heterocycles. The van der Waals surface area contributed by atoms with Crippen LogP contribution in [-0.4, -0.2) is 75.3 Å². The van der Waals surface area contributed by atoms with Gasteiger partial charge in [0.25, 0.3) is 5.91 Å². The minimum Gasteiger partial charge on any atom is -0.481 e. The molecule has 0 aliphatic carbocycles. The molecule has 8 N–H and O–H groups in total. The van der Waals surface area contributed by atoms with Crippen LogP contribution in [0.3, 0.4) is 0 Å². The van der Waals surface area contributed by atoms with Gasteiger partial charge in [-0.3, -0.25) is 19.2 Å². The van der Waals surface area contributed by atoms with Crippen LogP contribution in [0.2, 0.25) is 0 Å². The van der Waals surface area contributed by atoms with E-state index in [9.17, 15) is 29.1 Å². The maximum atomic E-state index is 12.9. The van der Waals surface area contributed by atoms with Gasteiger partial charge in [-0.25, -0.2) is 4.79 Å². The zero-order chi connectivity index (χ0) is 26.0. The summed E-state index contributed by atoms with van der Waals surface area (Å²) in [6.07, 6.45) is -1.97. The van der Waals surface area contributed by atoms with Crippen molar-refractivity contribution in [1.82, 2.24) is 16.0 Å². The molecule has 0 unspecified atom stereocenters. The summed E-state index contributed by atoms with van der Waals surface area (Å²) in [5.74, 6) is -6.12. The molecular weight excluding hydrogens is 436 g/mol. The number of aliphatic carboxylic acids is 2. The molecule has 0 aliphatic rings. The van der Waals surface area contributed by atoms with E-state index in [1.165, 1.54) is 0 Å². The Morgan fingerprint density at radius 1 is 0.758 bits per heavy atom. The lowest BCUT2D eigenvalue weighted by Crippen LogP contribution is -2.60. The number of nitrogens with one attached hydrogen (secondary N) is 3. The lowest BCUT2D eigenvalue weighted by Gasteiger charge is -2.29. The highest BCUT2D eigenvalue weighted by Crippen LogP contribution is 2.10. The summed E-state index contributed by atoms with van der Waals surface area (Å²) in [6, 6.07) is -4.80. The van der Waals surface area contributed by atoms with E-state index in [1.54, 1.807) is 27.7 Å². The van der Waals surface area contributed by atoms with Crippen LogP contribution in [-0.2, 0) is 24.0 Å². The molecule has 0 radical (unpaired) electrons. The largest absolute Gasteiger partial charge is 0.481 e. The van der Waals surface area contributed by atoms with Crippen molar-refractivity contribution in [1.29, 1.82) is 0 Å². The monoisotopic (exact) mass is 474 g/mol. The van der Waals surface area contributed by atoms with Gasteiger partial charge in [-0.05, 0) is 24.2 Å². The zero-order valence-electron chi connectivity index (χ0n) is 20.0. The first-order valence-electron chi connectivity index (χ1n) is 10.9. The van der Waals surface area contributed by atoms with Crippen LogP contribution >= 0.6 is 0 Å². The van der Waals surface area contributed by atoms with E-state index < -0.39 is 78.2 Å². The molecule has 5 atom stereocenters. The number of nitrogens with two attached hydrogens (primary N) is 1. The van der Waals surface area contributed by atoms with Gasteiger partial charge in [-0.2, -0.15) is 0 Å². The topological polar surface area (TPSA) is 208 Å². The summed E-state index contributed by atoms with van der Waals surface area (Å²) in [6.45, 7) is 10.3. The van der Waals surface area contributed by atoms with E-state index in [1.807, 2.05) is 13.8 Å². The highest BCUT2D eigenvalue weighted by Gasteiger charge is 2.34. The minimum absolute atomic E-state index is 0.146. The molecule has 0 spiro atoms. The number of aliphatic hydroxyl groups excluding tert-OH is 1. The predicted molar refractivity (Wildman–Crippen MR) is 119 cm³/mol. The molecule has 12 heteroatoms. The number of carbonyl (C=O) groups is 5. The Bertz CT molecular complexity index is 710. The first-order valence-corrected chi connectivity index (χ1v) is 10.9. The van der Waals surface area contributed by atoms with Crippen LogP contribution < -0.4 is 21.7 Å². The van der Waals surface area contributed by atoms with Crippen molar-refractivity contribution in [2.45, 2.75) is 84.7 Å². The molecule has 3 amide bonds. The second kappa shape index (κ2) is 13.7. The molecule has 0 saturated carbocycles. The Morgan fingerprint density at radius 2 is 1.18 bits per heavy atom. The highest BCUT2D eigenvalue weighted by molar-refractivity contribution is 5.94. The molecule has 33 heavy (non-hydrogen) atoms. The number of carbonyl (C=O) groups excluding carboxylic acids is 3. The van der Waals surface area contributed by atoms with Gasteiger partial charge in [0.15, 0.2) is 0 Å². The maximum absolute atomic E-state index is 12.9. The Kier molecular flexibility index (Phi) is 12.6. The molecule has 0 saturated heterocycles. The summed E-state index contributed by atoms with van der Waals surface area (Å²) in [4.78, 5) is 60.0. The van der Waals surface area contributed by atoms with E-state index >= 15 is 0 Å². The van der Waals surface area contributed by atoms with Gasteiger partial charge in [0.2, 0.25) is 11.8 Å². The Labute approximate surface area is 193 Å². The molecule has 0 aromatic rings. The Hall–Kier alpha value is -2.73. The average molecular weight is 475 g/mol. The zero-order valence-corrected chi connectivity index (χ0v) is 20.0. The van der Waals surface area contributed by atoms with Gasteiger partial charge in [0.1, 0.15) is 24.2 Å². The Balaban J connectivity index is 5.41. The van der Waals surface area contributed by atoms with Crippen molar-refractivity contribution >= 4 is 29.7 Å². The van der Waals surface area contributed by atoms with Crippen LogP contribution in [0.1, 0.15) is 54.4 Å². The second-order valence-electron chi connectivity index (χ2n) is 9.20. The van der Waals surface area contributed by atoms with E-state index in [0.29, 0.717) is 6.42 Å². The fraction of sp³-hybridized carbons (Fsp3) is 0.762. The first-order chi connectivity index (χ1) is 15.1. The van der Waals surface area contributed by atoms with E-state index in [4.69, 9.17) is 15.9 Å². The maximum Gasteiger partial charge on any atom is 0.326 e. The van der Waals surface area contributed by atoms with Crippen LogP contribution in [0.25, 0.3) is 0 Å². The van der Waals surface area contributed by atoms with Gasteiger partial charge in [-0.15, -0.1) is 0 Å². The summed E-state index contributed by atoms with van der Waals surface area (Å²) in [7, 11) is 0. The number of aliphatic hydroxyl groups is 1. The van der Waals surface area contributed by atoms with Gasteiger partial charge >= 0.3 is 11.9 Å². The molecule has 0 aliphatic heterocycles. The van der Waals surface area contributed by atoms with Gasteiger partial charge < -0.3 is 37.0 Å².